The number of anilines is 1. The number of nitrogens with one attached hydrogen (secondary N) is 1. The Kier molecular flexibility index (Phi) is 4.25. The summed E-state index contributed by atoms with van der Waals surface area (Å²) in [6, 6.07) is 6.72. The number of pyridine rings is 1. The number of hydrogen-bond donors (Lipinski definition) is 1. The van der Waals surface area contributed by atoms with Crippen LogP contribution >= 0.6 is 0 Å². The standard InChI is InChI=1S/C18H22N2O3S/c1-12-8-18(21)20(2)11-16(12)15-9-14(24(3,22)23)6-7-17(15)19-10-13-4-5-13/h6-9,11,13,19H,4-5,10H2,1-3H3. The molecule has 1 aliphatic rings. The number of benzene rings is 1. The van der Waals surface area contributed by atoms with Gasteiger partial charge >= 0.3 is 0 Å². The van der Waals surface area contributed by atoms with Gasteiger partial charge in [-0.1, -0.05) is 0 Å². The molecule has 1 saturated carbocycles. The fourth-order valence-electron chi connectivity index (χ4n) is 2.71. The Hall–Kier alpha value is -2.08. The van der Waals surface area contributed by atoms with Crippen molar-refractivity contribution < 1.29 is 8.42 Å². The van der Waals surface area contributed by atoms with E-state index < -0.39 is 9.84 Å². The number of rotatable bonds is 5. The fraction of sp³-hybridized carbons (Fsp3) is 0.389. The Morgan fingerprint density at radius 1 is 1.21 bits per heavy atom. The maximum atomic E-state index is 11.9. The highest BCUT2D eigenvalue weighted by Gasteiger charge is 2.22. The largest absolute Gasteiger partial charge is 0.384 e. The summed E-state index contributed by atoms with van der Waals surface area (Å²) in [7, 11) is -1.60. The molecule has 6 heteroatoms. The zero-order valence-electron chi connectivity index (χ0n) is 14.2. The number of aromatic nitrogens is 1. The minimum atomic E-state index is -3.30. The SMILES string of the molecule is Cc1cc(=O)n(C)cc1-c1cc(S(C)(=O)=O)ccc1NCC1CC1. The highest BCUT2D eigenvalue weighted by atomic mass is 32.2. The van der Waals surface area contributed by atoms with Gasteiger partial charge in [0.05, 0.1) is 4.90 Å². The molecule has 1 aliphatic carbocycles. The second kappa shape index (κ2) is 6.09. The van der Waals surface area contributed by atoms with Crippen molar-refractivity contribution in [2.24, 2.45) is 13.0 Å². The van der Waals surface area contributed by atoms with Crippen LogP contribution in [-0.4, -0.2) is 25.8 Å². The van der Waals surface area contributed by atoms with E-state index in [2.05, 4.69) is 5.32 Å². The zero-order chi connectivity index (χ0) is 17.5. The summed E-state index contributed by atoms with van der Waals surface area (Å²) < 4.78 is 25.4. The smallest absolute Gasteiger partial charge is 0.250 e. The first-order chi connectivity index (χ1) is 11.3. The molecule has 1 heterocycles. The highest BCUT2D eigenvalue weighted by molar-refractivity contribution is 7.90. The normalized spacial score (nSPS) is 14.6. The van der Waals surface area contributed by atoms with Gasteiger partial charge in [0.2, 0.25) is 0 Å². The molecule has 1 N–H and O–H groups in total. The molecule has 128 valence electrons. The Morgan fingerprint density at radius 2 is 1.92 bits per heavy atom. The minimum Gasteiger partial charge on any atom is -0.384 e. The molecule has 1 aromatic carbocycles. The Balaban J connectivity index is 2.14. The molecule has 24 heavy (non-hydrogen) atoms. The molecule has 0 saturated heterocycles. The van der Waals surface area contributed by atoms with Crippen LogP contribution < -0.4 is 10.9 Å². The van der Waals surface area contributed by atoms with Crippen LogP contribution in [-0.2, 0) is 16.9 Å². The van der Waals surface area contributed by atoms with Gasteiger partial charge in [-0.15, -0.1) is 0 Å². The number of hydrogen-bond acceptors (Lipinski definition) is 4. The second-order valence-electron chi connectivity index (χ2n) is 6.62. The quantitative estimate of drug-likeness (QED) is 0.903. The van der Waals surface area contributed by atoms with Gasteiger partial charge in [-0.25, -0.2) is 8.42 Å². The molecular weight excluding hydrogens is 324 g/mol. The summed E-state index contributed by atoms with van der Waals surface area (Å²) in [5, 5.41) is 3.43. The van der Waals surface area contributed by atoms with Gasteiger partial charge < -0.3 is 9.88 Å². The van der Waals surface area contributed by atoms with Crippen LogP contribution in [0.3, 0.4) is 0 Å². The molecular formula is C18H22N2O3S. The van der Waals surface area contributed by atoms with Crippen LogP contribution in [0.2, 0.25) is 0 Å². The van der Waals surface area contributed by atoms with Crippen LogP contribution in [0.5, 0.6) is 0 Å². The van der Waals surface area contributed by atoms with Gasteiger partial charge in [0.1, 0.15) is 0 Å². The van der Waals surface area contributed by atoms with Gasteiger partial charge in [-0.2, -0.15) is 0 Å². The Labute approximate surface area is 142 Å². The van der Waals surface area contributed by atoms with Crippen LogP contribution in [0.1, 0.15) is 18.4 Å². The van der Waals surface area contributed by atoms with E-state index in [0.717, 1.165) is 28.9 Å². The summed E-state index contributed by atoms with van der Waals surface area (Å²) in [5.74, 6) is 0.702. The van der Waals surface area contributed by atoms with E-state index in [1.54, 1.807) is 31.4 Å². The molecule has 0 unspecified atom stereocenters. The molecule has 1 fully saturated rings. The van der Waals surface area contributed by atoms with Crippen LogP contribution in [0.15, 0.2) is 40.2 Å². The van der Waals surface area contributed by atoms with Gasteiger partial charge in [-0.05, 0) is 49.4 Å². The molecule has 2 aromatic rings. The van der Waals surface area contributed by atoms with Crippen molar-refractivity contribution in [1.29, 1.82) is 0 Å². The van der Waals surface area contributed by atoms with Gasteiger partial charge in [0.25, 0.3) is 5.56 Å². The molecule has 1 aromatic heterocycles. The third kappa shape index (κ3) is 3.53. The van der Waals surface area contributed by atoms with E-state index in [9.17, 15) is 13.2 Å². The van der Waals surface area contributed by atoms with E-state index >= 15 is 0 Å². The van der Waals surface area contributed by atoms with Gasteiger partial charge in [0, 0.05) is 48.9 Å². The average molecular weight is 346 g/mol. The number of sulfone groups is 1. The van der Waals surface area contributed by atoms with Crippen molar-refractivity contribution in [2.75, 3.05) is 18.1 Å². The van der Waals surface area contributed by atoms with Gasteiger partial charge in [0.15, 0.2) is 9.84 Å². The number of aryl methyl sites for hydroxylation is 2. The van der Waals surface area contributed by atoms with Crippen LogP contribution in [0.25, 0.3) is 11.1 Å². The summed E-state index contributed by atoms with van der Waals surface area (Å²) in [4.78, 5) is 12.1. The predicted octanol–water partition coefficient (Wildman–Crippen LogP) is 2.59. The van der Waals surface area contributed by atoms with E-state index in [-0.39, 0.29) is 10.5 Å². The van der Waals surface area contributed by atoms with Crippen molar-refractivity contribution in [1.82, 2.24) is 4.57 Å². The monoisotopic (exact) mass is 346 g/mol. The molecule has 0 atom stereocenters. The van der Waals surface area contributed by atoms with Crippen LogP contribution in [0, 0.1) is 12.8 Å². The lowest BCUT2D eigenvalue weighted by Crippen LogP contribution is -2.16. The lowest BCUT2D eigenvalue weighted by Gasteiger charge is -2.16. The first kappa shape index (κ1) is 16.8. The minimum absolute atomic E-state index is 0.0805. The maximum Gasteiger partial charge on any atom is 0.250 e. The first-order valence-electron chi connectivity index (χ1n) is 8.01. The van der Waals surface area contributed by atoms with Crippen molar-refractivity contribution in [3.05, 3.63) is 46.4 Å². The molecule has 0 aliphatic heterocycles. The lowest BCUT2D eigenvalue weighted by molar-refractivity contribution is 0.602. The topological polar surface area (TPSA) is 68.2 Å². The summed E-state index contributed by atoms with van der Waals surface area (Å²) in [6.45, 7) is 2.75. The van der Waals surface area contributed by atoms with E-state index in [1.165, 1.54) is 23.7 Å². The maximum absolute atomic E-state index is 11.9. The van der Waals surface area contributed by atoms with E-state index in [4.69, 9.17) is 0 Å². The van der Waals surface area contributed by atoms with E-state index in [0.29, 0.717) is 5.92 Å². The molecule has 3 rings (SSSR count). The second-order valence-corrected chi connectivity index (χ2v) is 8.64. The van der Waals surface area contributed by atoms with Crippen molar-refractivity contribution in [2.45, 2.75) is 24.7 Å². The Morgan fingerprint density at radius 3 is 2.54 bits per heavy atom. The lowest BCUT2D eigenvalue weighted by atomic mass is 10.0. The molecule has 5 nitrogen and oxygen atoms in total. The highest BCUT2D eigenvalue weighted by Crippen LogP contribution is 2.34. The predicted molar refractivity (Wildman–Crippen MR) is 96.2 cm³/mol. The zero-order valence-corrected chi connectivity index (χ0v) is 15.0. The first-order valence-corrected chi connectivity index (χ1v) is 9.90. The van der Waals surface area contributed by atoms with Gasteiger partial charge in [-0.3, -0.25) is 4.79 Å². The van der Waals surface area contributed by atoms with Crippen molar-refractivity contribution in [3.63, 3.8) is 0 Å². The fourth-order valence-corrected chi connectivity index (χ4v) is 3.36. The molecule has 0 spiro atoms. The molecule has 0 bridgehead atoms. The number of nitrogens with zero attached hydrogens (tertiary/aromatic N) is 1. The summed E-state index contributed by atoms with van der Waals surface area (Å²) in [6.07, 6.45) is 5.45. The summed E-state index contributed by atoms with van der Waals surface area (Å²) in [5.41, 5.74) is 3.32. The van der Waals surface area contributed by atoms with E-state index in [1.807, 2.05) is 13.0 Å². The third-order valence-electron chi connectivity index (χ3n) is 4.42. The molecule has 0 radical (unpaired) electrons. The summed E-state index contributed by atoms with van der Waals surface area (Å²) >= 11 is 0. The van der Waals surface area contributed by atoms with Crippen LogP contribution in [0.4, 0.5) is 5.69 Å². The Bertz CT molecular complexity index is 941. The van der Waals surface area contributed by atoms with Crippen molar-refractivity contribution in [3.8, 4) is 11.1 Å². The third-order valence-corrected chi connectivity index (χ3v) is 5.53. The van der Waals surface area contributed by atoms with Crippen molar-refractivity contribution >= 4 is 15.5 Å². The molecule has 0 amide bonds. The average Bonchev–Trinajstić information content (AvgIpc) is 3.32.